The minimum absolute atomic E-state index is 0.172. The van der Waals surface area contributed by atoms with Gasteiger partial charge >= 0.3 is 11.9 Å². The standard InChI is InChI=1S/C13H15NO4S/c14-11(13(17)18)9-8(10(9)12(15)16)6-19-7-4-2-1-3-5-7/h1-5,8-11H,6,14H2,(H,15,16)(H,17,18)/t8-,9+,10+,11?/m1/s1. The second-order valence-electron chi connectivity index (χ2n) is 4.59. The number of carbonyl (C=O) groups is 2. The van der Waals surface area contributed by atoms with Crippen molar-refractivity contribution >= 4 is 23.7 Å². The molecule has 1 aliphatic rings. The molecule has 1 aliphatic carbocycles. The number of hydrogen-bond acceptors (Lipinski definition) is 4. The van der Waals surface area contributed by atoms with E-state index in [4.69, 9.17) is 15.9 Å². The molecule has 0 amide bonds. The molecule has 102 valence electrons. The van der Waals surface area contributed by atoms with Crippen LogP contribution in [-0.2, 0) is 9.59 Å². The summed E-state index contributed by atoms with van der Waals surface area (Å²) in [6.07, 6.45) is 0. The molecular weight excluding hydrogens is 266 g/mol. The zero-order valence-electron chi connectivity index (χ0n) is 10.1. The van der Waals surface area contributed by atoms with E-state index in [0.717, 1.165) is 4.90 Å². The molecule has 0 spiro atoms. The zero-order chi connectivity index (χ0) is 14.0. The summed E-state index contributed by atoms with van der Waals surface area (Å²) in [7, 11) is 0. The maximum absolute atomic E-state index is 11.1. The summed E-state index contributed by atoms with van der Waals surface area (Å²) in [5.74, 6) is -2.79. The van der Waals surface area contributed by atoms with Crippen LogP contribution < -0.4 is 5.73 Å². The summed E-state index contributed by atoms with van der Waals surface area (Å²) in [5.41, 5.74) is 5.54. The van der Waals surface area contributed by atoms with Gasteiger partial charge in [-0.05, 0) is 18.1 Å². The molecule has 0 bridgehead atoms. The van der Waals surface area contributed by atoms with Gasteiger partial charge in [-0.2, -0.15) is 0 Å². The molecule has 0 saturated heterocycles. The predicted octanol–water partition coefficient (Wildman–Crippen LogP) is 1.14. The van der Waals surface area contributed by atoms with Crippen molar-refractivity contribution in [3.05, 3.63) is 30.3 Å². The molecule has 6 heteroatoms. The van der Waals surface area contributed by atoms with E-state index in [9.17, 15) is 9.59 Å². The monoisotopic (exact) mass is 281 g/mol. The Bertz CT molecular complexity index is 479. The molecule has 0 aromatic heterocycles. The molecule has 1 saturated carbocycles. The van der Waals surface area contributed by atoms with Gasteiger partial charge in [-0.15, -0.1) is 11.8 Å². The molecule has 1 fully saturated rings. The average Bonchev–Trinajstić information content (AvgIpc) is 3.11. The van der Waals surface area contributed by atoms with E-state index in [1.54, 1.807) is 0 Å². The van der Waals surface area contributed by atoms with E-state index in [2.05, 4.69) is 0 Å². The lowest BCUT2D eigenvalue weighted by Gasteiger charge is -2.04. The maximum Gasteiger partial charge on any atom is 0.320 e. The van der Waals surface area contributed by atoms with Gasteiger partial charge in [0, 0.05) is 16.6 Å². The van der Waals surface area contributed by atoms with Crippen molar-refractivity contribution in [3.8, 4) is 0 Å². The Kier molecular flexibility index (Phi) is 4.11. The maximum atomic E-state index is 11.1. The lowest BCUT2D eigenvalue weighted by molar-refractivity contribution is -0.140. The van der Waals surface area contributed by atoms with Gasteiger partial charge in [-0.3, -0.25) is 9.59 Å². The van der Waals surface area contributed by atoms with Crippen molar-refractivity contribution < 1.29 is 19.8 Å². The Morgan fingerprint density at radius 2 is 1.89 bits per heavy atom. The van der Waals surface area contributed by atoms with E-state index in [-0.39, 0.29) is 5.92 Å². The summed E-state index contributed by atoms with van der Waals surface area (Å²) < 4.78 is 0. The smallest absolute Gasteiger partial charge is 0.320 e. The molecule has 5 nitrogen and oxygen atoms in total. The third kappa shape index (κ3) is 3.08. The molecule has 0 heterocycles. The molecule has 1 aromatic carbocycles. The fourth-order valence-electron chi connectivity index (χ4n) is 2.33. The van der Waals surface area contributed by atoms with Crippen molar-refractivity contribution in [2.45, 2.75) is 10.9 Å². The normalized spacial score (nSPS) is 26.7. The van der Waals surface area contributed by atoms with E-state index >= 15 is 0 Å². The molecule has 4 atom stereocenters. The second kappa shape index (κ2) is 5.63. The van der Waals surface area contributed by atoms with Gasteiger partial charge in [0.2, 0.25) is 0 Å². The quantitative estimate of drug-likeness (QED) is 0.676. The zero-order valence-corrected chi connectivity index (χ0v) is 10.9. The van der Waals surface area contributed by atoms with Crippen LogP contribution in [0.4, 0.5) is 0 Å². The summed E-state index contributed by atoms with van der Waals surface area (Å²) in [4.78, 5) is 22.9. The third-order valence-electron chi connectivity index (χ3n) is 3.40. The minimum Gasteiger partial charge on any atom is -0.481 e. The molecule has 19 heavy (non-hydrogen) atoms. The first kappa shape index (κ1) is 13.9. The van der Waals surface area contributed by atoms with Gasteiger partial charge in [-0.25, -0.2) is 0 Å². The van der Waals surface area contributed by atoms with Gasteiger partial charge in [0.15, 0.2) is 0 Å². The van der Waals surface area contributed by atoms with Crippen molar-refractivity contribution in [2.24, 2.45) is 23.5 Å². The van der Waals surface area contributed by atoms with Crippen LogP contribution >= 0.6 is 11.8 Å². The van der Waals surface area contributed by atoms with Crippen molar-refractivity contribution in [2.75, 3.05) is 5.75 Å². The highest BCUT2D eigenvalue weighted by Gasteiger charge is 2.59. The van der Waals surface area contributed by atoms with E-state index in [0.29, 0.717) is 5.75 Å². The highest BCUT2D eigenvalue weighted by atomic mass is 32.2. The molecule has 1 unspecified atom stereocenters. The Balaban J connectivity index is 1.96. The van der Waals surface area contributed by atoms with E-state index in [1.807, 2.05) is 30.3 Å². The summed E-state index contributed by atoms with van der Waals surface area (Å²) >= 11 is 1.53. The van der Waals surface area contributed by atoms with Gasteiger partial charge in [-0.1, -0.05) is 18.2 Å². The molecular formula is C13H15NO4S. The average molecular weight is 281 g/mol. The van der Waals surface area contributed by atoms with Crippen molar-refractivity contribution in [3.63, 3.8) is 0 Å². The van der Waals surface area contributed by atoms with Crippen LogP contribution in [0.1, 0.15) is 0 Å². The van der Waals surface area contributed by atoms with Crippen LogP contribution in [-0.4, -0.2) is 33.9 Å². The summed E-state index contributed by atoms with van der Waals surface area (Å²) in [6.45, 7) is 0. The molecule has 0 radical (unpaired) electrons. The first-order valence-electron chi connectivity index (χ1n) is 5.91. The van der Waals surface area contributed by atoms with E-state index < -0.39 is 29.8 Å². The highest BCUT2D eigenvalue weighted by Crippen LogP contribution is 2.50. The minimum atomic E-state index is -1.14. The van der Waals surface area contributed by atoms with Crippen LogP contribution in [0.15, 0.2) is 35.2 Å². The van der Waals surface area contributed by atoms with Gasteiger partial charge < -0.3 is 15.9 Å². The first-order valence-corrected chi connectivity index (χ1v) is 6.90. The van der Waals surface area contributed by atoms with Gasteiger partial charge in [0.1, 0.15) is 6.04 Å². The van der Waals surface area contributed by atoms with Crippen LogP contribution in [0.5, 0.6) is 0 Å². The summed E-state index contributed by atoms with van der Waals surface area (Å²) in [5, 5.41) is 17.9. The van der Waals surface area contributed by atoms with Gasteiger partial charge in [0.25, 0.3) is 0 Å². The second-order valence-corrected chi connectivity index (χ2v) is 5.69. The number of rotatable bonds is 6. The molecule has 0 aliphatic heterocycles. The first-order chi connectivity index (χ1) is 9.02. The number of carboxylic acids is 2. The Hall–Kier alpha value is -1.53. The molecule has 1 aromatic rings. The number of aliphatic carboxylic acids is 2. The number of carboxylic acid groups (broad SMARTS) is 2. The lowest BCUT2D eigenvalue weighted by Crippen LogP contribution is -2.34. The Labute approximate surface area is 114 Å². The van der Waals surface area contributed by atoms with Crippen LogP contribution in [0, 0.1) is 17.8 Å². The number of hydrogen-bond donors (Lipinski definition) is 3. The SMILES string of the molecule is NC(C(=O)O)[C@H]1[C@@H](CSc2ccccc2)[C@@H]1C(=O)O. The molecule has 2 rings (SSSR count). The lowest BCUT2D eigenvalue weighted by atomic mass is 10.1. The number of benzene rings is 1. The fourth-order valence-corrected chi connectivity index (χ4v) is 3.49. The predicted molar refractivity (Wildman–Crippen MR) is 70.9 cm³/mol. The fraction of sp³-hybridized carbons (Fsp3) is 0.385. The third-order valence-corrected chi connectivity index (χ3v) is 4.56. The van der Waals surface area contributed by atoms with Crippen LogP contribution in [0.25, 0.3) is 0 Å². The Morgan fingerprint density at radius 3 is 2.42 bits per heavy atom. The molecule has 4 N–H and O–H groups in total. The summed E-state index contributed by atoms with van der Waals surface area (Å²) in [6, 6.07) is 8.51. The van der Waals surface area contributed by atoms with Crippen LogP contribution in [0.2, 0.25) is 0 Å². The van der Waals surface area contributed by atoms with Crippen molar-refractivity contribution in [1.82, 2.24) is 0 Å². The van der Waals surface area contributed by atoms with Crippen LogP contribution in [0.3, 0.4) is 0 Å². The largest absolute Gasteiger partial charge is 0.481 e. The van der Waals surface area contributed by atoms with E-state index in [1.165, 1.54) is 11.8 Å². The number of nitrogens with two attached hydrogens (primary N) is 1. The Morgan fingerprint density at radius 1 is 1.26 bits per heavy atom. The highest BCUT2D eigenvalue weighted by molar-refractivity contribution is 7.99. The number of thioether (sulfide) groups is 1. The topological polar surface area (TPSA) is 101 Å². The van der Waals surface area contributed by atoms with Crippen molar-refractivity contribution in [1.29, 1.82) is 0 Å². The van der Waals surface area contributed by atoms with Gasteiger partial charge in [0.05, 0.1) is 5.92 Å².